The molecule has 1 fully saturated rings. The van der Waals surface area contributed by atoms with E-state index in [0.717, 1.165) is 37.5 Å². The molecule has 0 radical (unpaired) electrons. The summed E-state index contributed by atoms with van der Waals surface area (Å²) in [5.41, 5.74) is 0.560. The van der Waals surface area contributed by atoms with Crippen molar-refractivity contribution < 1.29 is 14.3 Å². The highest BCUT2D eigenvalue weighted by atomic mass is 32.1. The standard InChI is InChI=1S/C17H22N6O3S/c1-3-26-15(25)14-12(2)20-17(27-14)21-13(24)11-22-7-9-23(10-8-22)16-18-5-4-6-19-16/h4-6H,3,7-11H2,1-2H3,(H,20,21,24). The number of aromatic nitrogens is 3. The molecule has 1 aliphatic heterocycles. The first-order valence-electron chi connectivity index (χ1n) is 8.75. The predicted octanol–water partition coefficient (Wildman–Crippen LogP) is 1.18. The number of aryl methyl sites for hydroxylation is 1. The van der Waals surface area contributed by atoms with Crippen LogP contribution in [0.25, 0.3) is 0 Å². The lowest BCUT2D eigenvalue weighted by Crippen LogP contribution is -2.49. The van der Waals surface area contributed by atoms with Gasteiger partial charge in [0.15, 0.2) is 5.13 Å². The number of carbonyl (C=O) groups excluding carboxylic acids is 2. The summed E-state index contributed by atoms with van der Waals surface area (Å²) in [5.74, 6) is 0.155. The fourth-order valence-electron chi connectivity index (χ4n) is 2.76. The Morgan fingerprint density at radius 3 is 2.59 bits per heavy atom. The molecular formula is C17H22N6O3S. The molecule has 0 aliphatic carbocycles. The Bertz CT molecular complexity index is 789. The van der Waals surface area contributed by atoms with Gasteiger partial charge in [-0.2, -0.15) is 0 Å². The first-order chi connectivity index (χ1) is 13.1. The summed E-state index contributed by atoms with van der Waals surface area (Å²) in [6.07, 6.45) is 3.45. The van der Waals surface area contributed by atoms with E-state index in [2.05, 4.69) is 30.1 Å². The molecule has 0 bridgehead atoms. The molecule has 0 spiro atoms. The predicted molar refractivity (Wildman–Crippen MR) is 102 cm³/mol. The van der Waals surface area contributed by atoms with E-state index in [4.69, 9.17) is 4.74 Å². The number of anilines is 2. The molecular weight excluding hydrogens is 368 g/mol. The topological polar surface area (TPSA) is 101 Å². The largest absolute Gasteiger partial charge is 0.462 e. The number of thiazole rings is 1. The highest BCUT2D eigenvalue weighted by molar-refractivity contribution is 7.17. The Labute approximate surface area is 161 Å². The molecule has 2 aromatic heterocycles. The molecule has 0 aromatic carbocycles. The Morgan fingerprint density at radius 2 is 1.93 bits per heavy atom. The summed E-state index contributed by atoms with van der Waals surface area (Å²) in [7, 11) is 0. The van der Waals surface area contributed by atoms with E-state index in [0.29, 0.717) is 28.3 Å². The third-order valence-electron chi connectivity index (χ3n) is 4.08. The minimum absolute atomic E-state index is 0.149. The van der Waals surface area contributed by atoms with E-state index in [-0.39, 0.29) is 12.5 Å². The van der Waals surface area contributed by atoms with Crippen LogP contribution in [-0.4, -0.2) is 71.1 Å². The number of carbonyl (C=O) groups is 2. The summed E-state index contributed by atoms with van der Waals surface area (Å²) in [6.45, 7) is 7.08. The second-order valence-electron chi connectivity index (χ2n) is 6.01. The third kappa shape index (κ3) is 4.98. The van der Waals surface area contributed by atoms with Gasteiger partial charge in [-0.25, -0.2) is 19.7 Å². The van der Waals surface area contributed by atoms with Crippen molar-refractivity contribution in [1.29, 1.82) is 0 Å². The van der Waals surface area contributed by atoms with Crippen LogP contribution < -0.4 is 10.2 Å². The quantitative estimate of drug-likeness (QED) is 0.734. The summed E-state index contributed by atoms with van der Waals surface area (Å²) in [6, 6.07) is 1.79. The number of hydrogen-bond donors (Lipinski definition) is 1. The van der Waals surface area contributed by atoms with E-state index in [9.17, 15) is 9.59 Å². The molecule has 2 aromatic rings. The summed E-state index contributed by atoms with van der Waals surface area (Å²) in [5, 5.41) is 3.18. The van der Waals surface area contributed by atoms with Crippen LogP contribution in [0, 0.1) is 6.92 Å². The Balaban J connectivity index is 1.49. The van der Waals surface area contributed by atoms with Gasteiger partial charge in [0.2, 0.25) is 11.9 Å². The van der Waals surface area contributed by atoms with Crippen LogP contribution in [0.3, 0.4) is 0 Å². The summed E-state index contributed by atoms with van der Waals surface area (Å²) in [4.78, 5) is 41.5. The normalized spacial score (nSPS) is 14.8. The maximum absolute atomic E-state index is 12.3. The Hall–Kier alpha value is -2.59. The zero-order valence-electron chi connectivity index (χ0n) is 15.3. The number of rotatable bonds is 6. The van der Waals surface area contributed by atoms with Gasteiger partial charge in [-0.3, -0.25) is 9.69 Å². The molecule has 9 nitrogen and oxygen atoms in total. The SMILES string of the molecule is CCOC(=O)c1sc(NC(=O)CN2CCN(c3ncccn3)CC2)nc1C. The minimum Gasteiger partial charge on any atom is -0.462 e. The zero-order valence-corrected chi connectivity index (χ0v) is 16.2. The molecule has 1 saturated heterocycles. The molecule has 144 valence electrons. The zero-order chi connectivity index (χ0) is 19.2. The van der Waals surface area contributed by atoms with E-state index >= 15 is 0 Å². The van der Waals surface area contributed by atoms with E-state index in [1.807, 2.05) is 0 Å². The monoisotopic (exact) mass is 390 g/mol. The smallest absolute Gasteiger partial charge is 0.350 e. The second-order valence-corrected chi connectivity index (χ2v) is 7.01. The lowest BCUT2D eigenvalue weighted by atomic mass is 10.3. The van der Waals surface area contributed by atoms with Crippen LogP contribution in [0.2, 0.25) is 0 Å². The first-order valence-corrected chi connectivity index (χ1v) is 9.57. The maximum Gasteiger partial charge on any atom is 0.350 e. The number of esters is 1. The number of nitrogens with zero attached hydrogens (tertiary/aromatic N) is 5. The van der Waals surface area contributed by atoms with Gasteiger partial charge in [-0.05, 0) is 19.9 Å². The molecule has 1 N–H and O–H groups in total. The Kier molecular flexibility index (Phi) is 6.30. The Morgan fingerprint density at radius 1 is 1.22 bits per heavy atom. The van der Waals surface area contributed by atoms with Crippen LogP contribution in [0.1, 0.15) is 22.3 Å². The minimum atomic E-state index is -0.410. The van der Waals surface area contributed by atoms with Gasteiger partial charge < -0.3 is 15.0 Å². The summed E-state index contributed by atoms with van der Waals surface area (Å²) >= 11 is 1.13. The number of hydrogen-bond acceptors (Lipinski definition) is 9. The molecule has 3 heterocycles. The number of piperazine rings is 1. The van der Waals surface area contributed by atoms with Crippen molar-refractivity contribution in [2.24, 2.45) is 0 Å². The third-order valence-corrected chi connectivity index (χ3v) is 5.13. The molecule has 0 unspecified atom stereocenters. The van der Waals surface area contributed by atoms with E-state index in [1.165, 1.54) is 0 Å². The molecule has 0 saturated carbocycles. The second kappa shape index (κ2) is 8.87. The maximum atomic E-state index is 12.3. The number of amides is 1. The van der Waals surface area contributed by atoms with Crippen molar-refractivity contribution in [3.63, 3.8) is 0 Å². The molecule has 27 heavy (non-hydrogen) atoms. The fourth-order valence-corrected chi connectivity index (χ4v) is 3.63. The molecule has 0 atom stereocenters. The van der Waals surface area contributed by atoms with Crippen molar-refractivity contribution in [2.75, 3.05) is 49.5 Å². The van der Waals surface area contributed by atoms with Crippen LogP contribution in [0.4, 0.5) is 11.1 Å². The summed E-state index contributed by atoms with van der Waals surface area (Å²) < 4.78 is 4.99. The average molecular weight is 390 g/mol. The number of nitrogens with one attached hydrogen (secondary N) is 1. The van der Waals surface area contributed by atoms with Gasteiger partial charge in [0.05, 0.1) is 18.8 Å². The van der Waals surface area contributed by atoms with Gasteiger partial charge in [0.25, 0.3) is 0 Å². The van der Waals surface area contributed by atoms with Crippen LogP contribution in [0.5, 0.6) is 0 Å². The molecule has 10 heteroatoms. The first kappa shape index (κ1) is 19.2. The molecule has 3 rings (SSSR count). The van der Waals surface area contributed by atoms with Crippen molar-refractivity contribution in [2.45, 2.75) is 13.8 Å². The van der Waals surface area contributed by atoms with E-state index < -0.39 is 5.97 Å². The van der Waals surface area contributed by atoms with Crippen molar-refractivity contribution in [3.05, 3.63) is 29.0 Å². The lowest BCUT2D eigenvalue weighted by Gasteiger charge is -2.34. The highest BCUT2D eigenvalue weighted by Gasteiger charge is 2.22. The van der Waals surface area contributed by atoms with Gasteiger partial charge in [-0.15, -0.1) is 0 Å². The van der Waals surface area contributed by atoms with Crippen molar-refractivity contribution in [3.8, 4) is 0 Å². The highest BCUT2D eigenvalue weighted by Crippen LogP contribution is 2.23. The van der Waals surface area contributed by atoms with Crippen LogP contribution in [-0.2, 0) is 9.53 Å². The van der Waals surface area contributed by atoms with Crippen molar-refractivity contribution in [1.82, 2.24) is 19.9 Å². The molecule has 1 amide bonds. The van der Waals surface area contributed by atoms with Gasteiger partial charge in [0.1, 0.15) is 4.88 Å². The average Bonchev–Trinajstić information content (AvgIpc) is 3.03. The van der Waals surface area contributed by atoms with Gasteiger partial charge in [-0.1, -0.05) is 11.3 Å². The van der Waals surface area contributed by atoms with Crippen molar-refractivity contribution >= 4 is 34.3 Å². The number of ether oxygens (including phenoxy) is 1. The van der Waals surface area contributed by atoms with Crippen LogP contribution >= 0.6 is 11.3 Å². The van der Waals surface area contributed by atoms with Crippen LogP contribution in [0.15, 0.2) is 18.5 Å². The van der Waals surface area contributed by atoms with E-state index in [1.54, 1.807) is 32.3 Å². The van der Waals surface area contributed by atoms with Gasteiger partial charge in [0, 0.05) is 38.6 Å². The lowest BCUT2D eigenvalue weighted by molar-refractivity contribution is -0.117. The fraction of sp³-hybridized carbons (Fsp3) is 0.471. The van der Waals surface area contributed by atoms with Gasteiger partial charge >= 0.3 is 5.97 Å². The molecule has 1 aliphatic rings.